The summed E-state index contributed by atoms with van der Waals surface area (Å²) in [5, 5.41) is 0. The molecule has 0 aromatic heterocycles. The van der Waals surface area contributed by atoms with E-state index in [1.54, 1.807) is 7.11 Å². The second kappa shape index (κ2) is 3.93. The van der Waals surface area contributed by atoms with Crippen LogP contribution in [0.1, 0.15) is 40.4 Å². The Hall–Kier alpha value is -1.31. The molecule has 16 heavy (non-hydrogen) atoms. The fourth-order valence-corrected chi connectivity index (χ4v) is 2.76. The van der Waals surface area contributed by atoms with E-state index in [0.29, 0.717) is 12.3 Å². The van der Waals surface area contributed by atoms with Crippen LogP contribution in [-0.4, -0.2) is 12.9 Å². The molecule has 1 aliphatic carbocycles. The van der Waals surface area contributed by atoms with Crippen LogP contribution in [0.4, 0.5) is 0 Å². The van der Waals surface area contributed by atoms with Crippen molar-refractivity contribution in [3.63, 3.8) is 0 Å². The number of carbonyl (C=O) groups excluding carboxylic acids is 1. The molecule has 0 saturated heterocycles. The molecule has 0 bridgehead atoms. The molecule has 1 unspecified atom stereocenters. The van der Waals surface area contributed by atoms with Crippen LogP contribution in [0.5, 0.6) is 5.75 Å². The second-order valence-electron chi connectivity index (χ2n) is 4.83. The maximum absolute atomic E-state index is 12.0. The van der Waals surface area contributed by atoms with Gasteiger partial charge in [-0.25, -0.2) is 0 Å². The lowest BCUT2D eigenvalue weighted by Crippen LogP contribution is -2.20. The van der Waals surface area contributed by atoms with Crippen molar-refractivity contribution in [3.05, 3.63) is 28.3 Å². The monoisotopic (exact) mass is 218 g/mol. The maximum Gasteiger partial charge on any atom is 0.163 e. The molecule has 0 N–H and O–H groups in total. The molecular weight excluding hydrogens is 200 g/mol. The van der Waals surface area contributed by atoms with E-state index in [0.717, 1.165) is 34.4 Å². The molecule has 0 saturated carbocycles. The third-order valence-corrected chi connectivity index (χ3v) is 3.33. The van der Waals surface area contributed by atoms with Gasteiger partial charge in [-0.2, -0.15) is 0 Å². The molecule has 0 fully saturated rings. The summed E-state index contributed by atoms with van der Waals surface area (Å²) in [7, 11) is 1.68. The van der Waals surface area contributed by atoms with Crippen LogP contribution in [0, 0.1) is 19.8 Å². The van der Waals surface area contributed by atoms with Crippen LogP contribution in [0.25, 0.3) is 0 Å². The third-order valence-electron chi connectivity index (χ3n) is 3.33. The summed E-state index contributed by atoms with van der Waals surface area (Å²) in [6.45, 7) is 6.17. The summed E-state index contributed by atoms with van der Waals surface area (Å²) < 4.78 is 5.44. The SMILES string of the molecule is COc1c(C)cc(C)c2c1CC(C)CC2=O. The van der Waals surface area contributed by atoms with Gasteiger partial charge in [0.15, 0.2) is 5.78 Å². The summed E-state index contributed by atoms with van der Waals surface area (Å²) in [6.07, 6.45) is 1.62. The number of fused-ring (bicyclic) bond motifs is 1. The number of hydrogen-bond acceptors (Lipinski definition) is 2. The van der Waals surface area contributed by atoms with Gasteiger partial charge in [0.05, 0.1) is 7.11 Å². The molecule has 0 spiro atoms. The molecule has 1 aromatic carbocycles. The van der Waals surface area contributed by atoms with E-state index in [2.05, 4.69) is 6.92 Å². The largest absolute Gasteiger partial charge is 0.496 e. The van der Waals surface area contributed by atoms with E-state index in [9.17, 15) is 4.79 Å². The number of methoxy groups -OCH3 is 1. The third kappa shape index (κ3) is 1.62. The quantitative estimate of drug-likeness (QED) is 0.724. The topological polar surface area (TPSA) is 26.3 Å². The van der Waals surface area contributed by atoms with Gasteiger partial charge in [-0.05, 0) is 37.3 Å². The summed E-state index contributed by atoms with van der Waals surface area (Å²) >= 11 is 0. The lowest BCUT2D eigenvalue weighted by Gasteiger charge is -2.25. The Kier molecular flexibility index (Phi) is 2.75. The molecule has 0 heterocycles. The Morgan fingerprint density at radius 2 is 1.94 bits per heavy atom. The Morgan fingerprint density at radius 3 is 2.56 bits per heavy atom. The highest BCUT2D eigenvalue weighted by Crippen LogP contribution is 2.36. The van der Waals surface area contributed by atoms with Gasteiger partial charge in [-0.15, -0.1) is 0 Å². The van der Waals surface area contributed by atoms with Crippen molar-refractivity contribution >= 4 is 5.78 Å². The summed E-state index contributed by atoms with van der Waals surface area (Å²) in [5.74, 6) is 1.60. The van der Waals surface area contributed by atoms with Crippen molar-refractivity contribution in [3.8, 4) is 5.75 Å². The number of aryl methyl sites for hydroxylation is 2. The fourth-order valence-electron chi connectivity index (χ4n) is 2.76. The average Bonchev–Trinajstić information content (AvgIpc) is 2.15. The molecule has 0 amide bonds. The van der Waals surface area contributed by atoms with E-state index in [1.807, 2.05) is 19.9 Å². The number of ketones is 1. The van der Waals surface area contributed by atoms with Gasteiger partial charge in [0.2, 0.25) is 0 Å². The zero-order chi connectivity index (χ0) is 11.9. The Bertz CT molecular complexity index is 447. The lowest BCUT2D eigenvalue weighted by atomic mass is 9.80. The first kappa shape index (κ1) is 11.2. The van der Waals surface area contributed by atoms with Gasteiger partial charge < -0.3 is 4.74 Å². The van der Waals surface area contributed by atoms with E-state index in [-0.39, 0.29) is 5.78 Å². The van der Waals surface area contributed by atoms with E-state index < -0.39 is 0 Å². The molecule has 1 aliphatic rings. The molecule has 2 heteroatoms. The van der Waals surface area contributed by atoms with Crippen LogP contribution in [0.2, 0.25) is 0 Å². The van der Waals surface area contributed by atoms with Crippen molar-refractivity contribution in [2.45, 2.75) is 33.6 Å². The van der Waals surface area contributed by atoms with Crippen LogP contribution < -0.4 is 4.74 Å². The number of carbonyl (C=O) groups is 1. The Balaban J connectivity index is 2.69. The maximum atomic E-state index is 12.0. The number of Topliss-reactive ketones (excluding diaryl/α,β-unsaturated/α-hetero) is 1. The highest BCUT2D eigenvalue weighted by atomic mass is 16.5. The minimum atomic E-state index is 0.268. The van der Waals surface area contributed by atoms with Crippen molar-refractivity contribution < 1.29 is 9.53 Å². The summed E-state index contributed by atoms with van der Waals surface area (Å²) in [6, 6.07) is 2.05. The van der Waals surface area contributed by atoms with Gasteiger partial charge in [-0.3, -0.25) is 4.79 Å². The highest BCUT2D eigenvalue weighted by molar-refractivity contribution is 6.00. The van der Waals surface area contributed by atoms with Crippen molar-refractivity contribution in [1.29, 1.82) is 0 Å². The number of hydrogen-bond donors (Lipinski definition) is 0. The zero-order valence-corrected chi connectivity index (χ0v) is 10.4. The van der Waals surface area contributed by atoms with Gasteiger partial charge in [0.25, 0.3) is 0 Å². The molecule has 86 valence electrons. The van der Waals surface area contributed by atoms with Gasteiger partial charge in [-0.1, -0.05) is 13.0 Å². The minimum absolute atomic E-state index is 0.268. The lowest BCUT2D eigenvalue weighted by molar-refractivity contribution is 0.0951. The Labute approximate surface area is 96.6 Å². The van der Waals surface area contributed by atoms with Gasteiger partial charge in [0.1, 0.15) is 5.75 Å². The normalized spacial score (nSPS) is 19.5. The van der Waals surface area contributed by atoms with Gasteiger partial charge in [0, 0.05) is 17.5 Å². The average molecular weight is 218 g/mol. The Morgan fingerprint density at radius 1 is 1.25 bits per heavy atom. The summed E-state index contributed by atoms with van der Waals surface area (Å²) in [5.41, 5.74) is 4.23. The van der Waals surface area contributed by atoms with Gasteiger partial charge >= 0.3 is 0 Å². The second-order valence-corrected chi connectivity index (χ2v) is 4.83. The minimum Gasteiger partial charge on any atom is -0.496 e. The van der Waals surface area contributed by atoms with Crippen LogP contribution in [0.3, 0.4) is 0 Å². The standard InChI is InChI=1S/C14H18O2/c1-8-5-11-13(12(15)6-8)9(2)7-10(3)14(11)16-4/h7-8H,5-6H2,1-4H3. The first-order valence-corrected chi connectivity index (χ1v) is 5.74. The van der Waals surface area contributed by atoms with Crippen molar-refractivity contribution in [2.75, 3.05) is 7.11 Å². The number of benzene rings is 1. The van der Waals surface area contributed by atoms with Crippen molar-refractivity contribution in [1.82, 2.24) is 0 Å². The summed E-state index contributed by atoms with van der Waals surface area (Å²) in [4.78, 5) is 12.0. The highest BCUT2D eigenvalue weighted by Gasteiger charge is 2.27. The number of ether oxygens (including phenoxy) is 1. The van der Waals surface area contributed by atoms with Crippen LogP contribution in [0.15, 0.2) is 6.07 Å². The molecule has 2 rings (SSSR count). The molecule has 0 radical (unpaired) electrons. The first-order valence-electron chi connectivity index (χ1n) is 5.74. The van der Waals surface area contributed by atoms with Crippen LogP contribution >= 0.6 is 0 Å². The van der Waals surface area contributed by atoms with Crippen molar-refractivity contribution in [2.24, 2.45) is 5.92 Å². The van der Waals surface area contributed by atoms with E-state index in [4.69, 9.17) is 4.74 Å². The van der Waals surface area contributed by atoms with E-state index in [1.165, 1.54) is 0 Å². The zero-order valence-electron chi connectivity index (χ0n) is 10.4. The van der Waals surface area contributed by atoms with E-state index >= 15 is 0 Å². The predicted octanol–water partition coefficient (Wildman–Crippen LogP) is 3.08. The fraction of sp³-hybridized carbons (Fsp3) is 0.500. The molecular formula is C14H18O2. The number of rotatable bonds is 1. The molecule has 1 aromatic rings. The molecule has 2 nitrogen and oxygen atoms in total. The molecule has 1 atom stereocenters. The molecule has 0 aliphatic heterocycles. The smallest absolute Gasteiger partial charge is 0.163 e. The van der Waals surface area contributed by atoms with Crippen LogP contribution in [-0.2, 0) is 6.42 Å². The predicted molar refractivity (Wildman–Crippen MR) is 64.3 cm³/mol. The first-order chi connectivity index (χ1) is 7.54.